The molecule has 0 fully saturated rings. The highest BCUT2D eigenvalue weighted by atomic mass is 16.2. The van der Waals surface area contributed by atoms with Crippen molar-refractivity contribution in [2.75, 3.05) is 13.1 Å². The van der Waals surface area contributed by atoms with Crippen molar-refractivity contribution < 1.29 is 9.59 Å². The van der Waals surface area contributed by atoms with Gasteiger partial charge in [0.15, 0.2) is 0 Å². The van der Waals surface area contributed by atoms with Crippen LogP contribution in [0.5, 0.6) is 0 Å². The van der Waals surface area contributed by atoms with E-state index >= 15 is 0 Å². The molecule has 0 saturated carbocycles. The fraction of sp³-hybridized carbons (Fsp3) is 0.381. The molecule has 3 rings (SSSR count). The van der Waals surface area contributed by atoms with Crippen LogP contribution in [-0.4, -0.2) is 40.8 Å². The molecule has 2 aromatic rings. The molecular formula is C21H26N4O2. The number of aromatic nitrogens is 1. The molecule has 2 amide bonds. The number of rotatable bonds is 5. The van der Waals surface area contributed by atoms with Crippen LogP contribution in [0.2, 0.25) is 0 Å². The van der Waals surface area contributed by atoms with Crippen LogP contribution in [0, 0.1) is 0 Å². The predicted octanol–water partition coefficient (Wildman–Crippen LogP) is 1.82. The van der Waals surface area contributed by atoms with Crippen LogP contribution < -0.4 is 10.6 Å². The Bertz CT molecular complexity index is 792. The van der Waals surface area contributed by atoms with Crippen molar-refractivity contribution in [2.24, 2.45) is 0 Å². The second-order valence-electron chi connectivity index (χ2n) is 7.13. The number of nitrogens with zero attached hydrogens (tertiary/aromatic N) is 2. The summed E-state index contributed by atoms with van der Waals surface area (Å²) in [6, 6.07) is 12.2. The molecule has 2 N–H and O–H groups in total. The van der Waals surface area contributed by atoms with Gasteiger partial charge >= 0.3 is 11.8 Å². The molecule has 0 bridgehead atoms. The highest BCUT2D eigenvalue weighted by molar-refractivity contribution is 6.35. The third kappa shape index (κ3) is 4.92. The van der Waals surface area contributed by atoms with Gasteiger partial charge in [0.1, 0.15) is 0 Å². The number of pyridine rings is 1. The molecule has 0 saturated heterocycles. The number of hydrogen-bond acceptors (Lipinski definition) is 4. The maximum Gasteiger partial charge on any atom is 0.309 e. The Morgan fingerprint density at radius 3 is 2.59 bits per heavy atom. The van der Waals surface area contributed by atoms with Crippen LogP contribution in [-0.2, 0) is 22.6 Å². The Hall–Kier alpha value is -2.73. The van der Waals surface area contributed by atoms with Crippen LogP contribution >= 0.6 is 0 Å². The molecule has 1 aliphatic rings. The molecule has 1 aromatic carbocycles. The lowest BCUT2D eigenvalue weighted by atomic mass is 9.97. The summed E-state index contributed by atoms with van der Waals surface area (Å²) in [6.07, 6.45) is 4.53. The summed E-state index contributed by atoms with van der Waals surface area (Å²) in [4.78, 5) is 30.6. The Balaban J connectivity index is 1.73. The van der Waals surface area contributed by atoms with Crippen LogP contribution in [0.15, 0.2) is 48.8 Å². The summed E-state index contributed by atoms with van der Waals surface area (Å²) in [7, 11) is 0. The molecule has 1 aliphatic heterocycles. The molecule has 2 heterocycles. The van der Waals surface area contributed by atoms with Crippen molar-refractivity contribution in [3.63, 3.8) is 0 Å². The number of nitrogens with one attached hydrogen (secondary N) is 2. The predicted molar refractivity (Wildman–Crippen MR) is 104 cm³/mol. The highest BCUT2D eigenvalue weighted by Gasteiger charge is 2.26. The van der Waals surface area contributed by atoms with Gasteiger partial charge in [0, 0.05) is 38.1 Å². The summed E-state index contributed by atoms with van der Waals surface area (Å²) in [6.45, 7) is 5.72. The largest absolute Gasteiger partial charge is 0.346 e. The van der Waals surface area contributed by atoms with Gasteiger partial charge in [0.25, 0.3) is 0 Å². The van der Waals surface area contributed by atoms with E-state index in [1.54, 1.807) is 6.20 Å². The number of hydrogen-bond donors (Lipinski definition) is 2. The topological polar surface area (TPSA) is 74.3 Å². The quantitative estimate of drug-likeness (QED) is 0.792. The number of amides is 2. The van der Waals surface area contributed by atoms with Crippen LogP contribution in [0.3, 0.4) is 0 Å². The summed E-state index contributed by atoms with van der Waals surface area (Å²) in [5, 5.41) is 5.41. The molecule has 6 nitrogen and oxygen atoms in total. The van der Waals surface area contributed by atoms with E-state index in [0.29, 0.717) is 6.54 Å². The zero-order valence-electron chi connectivity index (χ0n) is 15.8. The molecule has 0 spiro atoms. The zero-order chi connectivity index (χ0) is 19.2. The molecule has 6 heteroatoms. The first-order valence-corrected chi connectivity index (χ1v) is 9.34. The maximum absolute atomic E-state index is 12.1. The number of carbonyl (C=O) groups is 2. The van der Waals surface area contributed by atoms with Gasteiger partial charge in [0.05, 0.1) is 6.04 Å². The minimum Gasteiger partial charge on any atom is -0.346 e. The molecular weight excluding hydrogens is 340 g/mol. The van der Waals surface area contributed by atoms with E-state index in [9.17, 15) is 9.59 Å². The first-order chi connectivity index (χ1) is 13.0. The van der Waals surface area contributed by atoms with E-state index in [4.69, 9.17) is 0 Å². The molecule has 27 heavy (non-hydrogen) atoms. The minimum absolute atomic E-state index is 0.0390. The van der Waals surface area contributed by atoms with E-state index in [2.05, 4.69) is 44.8 Å². The average Bonchev–Trinajstić information content (AvgIpc) is 2.68. The van der Waals surface area contributed by atoms with Gasteiger partial charge < -0.3 is 10.6 Å². The van der Waals surface area contributed by atoms with Crippen molar-refractivity contribution in [1.82, 2.24) is 20.5 Å². The molecule has 1 aromatic heterocycles. The molecule has 0 unspecified atom stereocenters. The van der Waals surface area contributed by atoms with Gasteiger partial charge in [-0.3, -0.25) is 19.5 Å². The third-order valence-electron chi connectivity index (χ3n) is 4.75. The van der Waals surface area contributed by atoms with Gasteiger partial charge in [-0.25, -0.2) is 0 Å². The molecule has 142 valence electrons. The second kappa shape index (κ2) is 8.77. The van der Waals surface area contributed by atoms with Crippen molar-refractivity contribution in [1.29, 1.82) is 0 Å². The lowest BCUT2D eigenvalue weighted by molar-refractivity contribution is -0.139. The van der Waals surface area contributed by atoms with Gasteiger partial charge in [-0.2, -0.15) is 0 Å². The Morgan fingerprint density at radius 2 is 1.89 bits per heavy atom. The maximum atomic E-state index is 12.1. The first-order valence-electron chi connectivity index (χ1n) is 9.34. The summed E-state index contributed by atoms with van der Waals surface area (Å²) in [5.41, 5.74) is 3.71. The van der Waals surface area contributed by atoms with Crippen molar-refractivity contribution in [3.05, 3.63) is 65.5 Å². The third-order valence-corrected chi connectivity index (χ3v) is 4.75. The van der Waals surface area contributed by atoms with Gasteiger partial charge in [-0.15, -0.1) is 0 Å². The summed E-state index contributed by atoms with van der Waals surface area (Å²) in [5.74, 6) is -1.20. The lowest BCUT2D eigenvalue weighted by Gasteiger charge is -2.35. The second-order valence-corrected chi connectivity index (χ2v) is 7.13. The van der Waals surface area contributed by atoms with E-state index in [0.717, 1.165) is 25.1 Å². The van der Waals surface area contributed by atoms with Crippen molar-refractivity contribution >= 4 is 11.8 Å². The van der Waals surface area contributed by atoms with Gasteiger partial charge in [0.2, 0.25) is 0 Å². The zero-order valence-corrected chi connectivity index (χ0v) is 15.8. The minimum atomic E-state index is -0.602. The number of benzene rings is 1. The van der Waals surface area contributed by atoms with Gasteiger partial charge in [-0.1, -0.05) is 30.3 Å². The van der Waals surface area contributed by atoms with E-state index in [1.165, 1.54) is 11.1 Å². The Labute approximate surface area is 160 Å². The first kappa shape index (κ1) is 19.0. The fourth-order valence-electron chi connectivity index (χ4n) is 3.41. The van der Waals surface area contributed by atoms with Gasteiger partial charge in [-0.05, 0) is 43.0 Å². The normalized spacial score (nSPS) is 15.1. The Kier molecular flexibility index (Phi) is 6.19. The standard InChI is InChI=1S/C21H26N4O2/c1-15(2)24-21(27)20(26)23-13-19(17-8-5-10-22-12-17)25-11-9-16-6-3-4-7-18(16)14-25/h3-8,10,12,15,19H,9,11,13-14H2,1-2H3,(H,23,26)(H,24,27)/t19-/m0/s1. The summed E-state index contributed by atoms with van der Waals surface area (Å²) < 4.78 is 0. The monoisotopic (exact) mass is 366 g/mol. The molecule has 1 atom stereocenters. The van der Waals surface area contributed by atoms with E-state index in [1.807, 2.05) is 32.2 Å². The summed E-state index contributed by atoms with van der Waals surface area (Å²) >= 11 is 0. The smallest absolute Gasteiger partial charge is 0.309 e. The molecule has 0 radical (unpaired) electrons. The highest BCUT2D eigenvalue weighted by Crippen LogP contribution is 2.27. The van der Waals surface area contributed by atoms with Crippen LogP contribution in [0.4, 0.5) is 0 Å². The van der Waals surface area contributed by atoms with Crippen molar-refractivity contribution in [3.8, 4) is 0 Å². The van der Waals surface area contributed by atoms with Crippen LogP contribution in [0.25, 0.3) is 0 Å². The fourth-order valence-corrected chi connectivity index (χ4v) is 3.41. The number of fused-ring (bicyclic) bond motifs is 1. The van der Waals surface area contributed by atoms with Crippen LogP contribution in [0.1, 0.15) is 36.6 Å². The SMILES string of the molecule is CC(C)NC(=O)C(=O)NC[C@@H](c1cccnc1)N1CCc2ccccc2C1. The lowest BCUT2D eigenvalue weighted by Crippen LogP contribution is -2.46. The van der Waals surface area contributed by atoms with E-state index < -0.39 is 11.8 Å². The number of carbonyl (C=O) groups excluding carboxylic acids is 2. The molecule has 0 aliphatic carbocycles. The Morgan fingerprint density at radius 1 is 1.11 bits per heavy atom. The van der Waals surface area contributed by atoms with E-state index in [-0.39, 0.29) is 12.1 Å². The van der Waals surface area contributed by atoms with Crippen molar-refractivity contribution in [2.45, 2.75) is 38.9 Å². The average molecular weight is 366 g/mol.